The van der Waals surface area contributed by atoms with E-state index in [1.807, 2.05) is 38.1 Å². The van der Waals surface area contributed by atoms with Crippen LogP contribution in [0.5, 0.6) is 0 Å². The molecule has 0 amide bonds. The number of anilines is 1. The molecule has 0 fully saturated rings. The molecule has 0 bridgehead atoms. The van der Waals surface area contributed by atoms with Crippen molar-refractivity contribution in [3.63, 3.8) is 0 Å². The highest BCUT2D eigenvalue weighted by atomic mass is 35.5. The predicted molar refractivity (Wildman–Crippen MR) is 98.7 cm³/mol. The Morgan fingerprint density at radius 1 is 1.12 bits per heavy atom. The van der Waals surface area contributed by atoms with Crippen LogP contribution in [0.2, 0.25) is 5.02 Å². The van der Waals surface area contributed by atoms with Gasteiger partial charge in [-0.25, -0.2) is 9.37 Å². The van der Waals surface area contributed by atoms with Crippen molar-refractivity contribution >= 4 is 17.4 Å². The molecule has 0 atom stereocenters. The molecular weight excluding hydrogens is 337 g/mol. The van der Waals surface area contributed by atoms with Crippen LogP contribution in [0.25, 0.3) is 22.4 Å². The number of hydrogen-bond acceptors (Lipinski definition) is 3. The molecule has 0 aliphatic rings. The van der Waals surface area contributed by atoms with E-state index in [4.69, 9.17) is 17.3 Å². The summed E-state index contributed by atoms with van der Waals surface area (Å²) in [5.74, 6) is -0.461. The van der Waals surface area contributed by atoms with Crippen LogP contribution in [0, 0.1) is 31.0 Å². The average molecular weight is 352 g/mol. The Hall–Kier alpha value is -2.90. The Morgan fingerprint density at radius 2 is 1.88 bits per heavy atom. The van der Waals surface area contributed by atoms with Gasteiger partial charge < -0.3 is 5.73 Å². The number of aromatic nitrogens is 1. The summed E-state index contributed by atoms with van der Waals surface area (Å²) in [6.45, 7) is 3.94. The summed E-state index contributed by atoms with van der Waals surface area (Å²) in [6.07, 6.45) is 0. The molecular formula is C20H15ClFN3. The van der Waals surface area contributed by atoms with E-state index in [-0.39, 0.29) is 22.0 Å². The van der Waals surface area contributed by atoms with E-state index >= 15 is 0 Å². The summed E-state index contributed by atoms with van der Waals surface area (Å²) in [4.78, 5) is 4.35. The van der Waals surface area contributed by atoms with Gasteiger partial charge in [-0.1, -0.05) is 35.4 Å². The summed E-state index contributed by atoms with van der Waals surface area (Å²) in [5.41, 5.74) is 10.1. The minimum absolute atomic E-state index is 0.0511. The van der Waals surface area contributed by atoms with E-state index in [2.05, 4.69) is 4.98 Å². The fourth-order valence-electron chi connectivity index (χ4n) is 2.78. The van der Waals surface area contributed by atoms with Crippen molar-refractivity contribution in [2.45, 2.75) is 13.8 Å². The van der Waals surface area contributed by atoms with Crippen molar-refractivity contribution in [3.05, 3.63) is 70.0 Å². The van der Waals surface area contributed by atoms with Gasteiger partial charge >= 0.3 is 0 Å². The van der Waals surface area contributed by atoms with Gasteiger partial charge in [0.15, 0.2) is 0 Å². The number of pyridine rings is 1. The van der Waals surface area contributed by atoms with Gasteiger partial charge in [-0.15, -0.1) is 0 Å². The summed E-state index contributed by atoms with van der Waals surface area (Å²) in [6, 6.07) is 14.0. The molecule has 1 heterocycles. The smallest absolute Gasteiger partial charge is 0.142 e. The molecule has 25 heavy (non-hydrogen) atoms. The van der Waals surface area contributed by atoms with Crippen LogP contribution in [0.1, 0.15) is 16.7 Å². The van der Waals surface area contributed by atoms with E-state index < -0.39 is 5.82 Å². The van der Waals surface area contributed by atoms with Crippen molar-refractivity contribution in [1.29, 1.82) is 5.26 Å². The third-order valence-corrected chi connectivity index (χ3v) is 4.38. The zero-order valence-corrected chi connectivity index (χ0v) is 14.5. The average Bonchev–Trinajstić information content (AvgIpc) is 2.56. The van der Waals surface area contributed by atoms with E-state index in [1.54, 1.807) is 12.1 Å². The molecule has 0 saturated heterocycles. The first kappa shape index (κ1) is 16.9. The molecule has 0 aliphatic heterocycles. The molecule has 0 aliphatic carbocycles. The maximum atomic E-state index is 14.4. The first-order chi connectivity index (χ1) is 11.9. The lowest BCUT2D eigenvalue weighted by Crippen LogP contribution is -2.01. The molecule has 3 rings (SSSR count). The number of nitrogens with zero attached hydrogens (tertiary/aromatic N) is 2. The Morgan fingerprint density at radius 3 is 2.56 bits per heavy atom. The van der Waals surface area contributed by atoms with Crippen LogP contribution in [-0.2, 0) is 0 Å². The standard InChI is InChI=1S/C20H15ClFN3/c1-11-6-7-12(2)13(8-11)18-9-14(15(10-23)20(24)25-18)19-16(21)4-3-5-17(19)22/h3-9H,1-2H3,(H2,24,25). The lowest BCUT2D eigenvalue weighted by atomic mass is 9.96. The second-order valence-electron chi connectivity index (χ2n) is 5.84. The van der Waals surface area contributed by atoms with E-state index in [0.717, 1.165) is 16.7 Å². The molecule has 0 radical (unpaired) electrons. The Bertz CT molecular complexity index is 1000. The number of aryl methyl sites for hydroxylation is 2. The molecule has 2 N–H and O–H groups in total. The Balaban J connectivity index is 2.35. The first-order valence-corrected chi connectivity index (χ1v) is 8.02. The monoisotopic (exact) mass is 351 g/mol. The topological polar surface area (TPSA) is 62.7 Å². The fraction of sp³-hybridized carbons (Fsp3) is 0.100. The lowest BCUT2D eigenvalue weighted by Gasteiger charge is -2.13. The van der Waals surface area contributed by atoms with Crippen molar-refractivity contribution in [2.24, 2.45) is 0 Å². The van der Waals surface area contributed by atoms with Crippen LogP contribution in [0.4, 0.5) is 10.2 Å². The number of nitrogen functional groups attached to an aromatic ring is 1. The Labute approximate surface area is 150 Å². The zero-order chi connectivity index (χ0) is 18.1. The minimum Gasteiger partial charge on any atom is -0.383 e. The molecule has 124 valence electrons. The SMILES string of the molecule is Cc1ccc(C)c(-c2cc(-c3c(F)cccc3Cl)c(C#N)c(N)n2)c1. The van der Waals surface area contributed by atoms with Gasteiger partial charge in [0, 0.05) is 16.7 Å². The van der Waals surface area contributed by atoms with Crippen LogP contribution in [0.3, 0.4) is 0 Å². The van der Waals surface area contributed by atoms with Crippen molar-refractivity contribution in [2.75, 3.05) is 5.73 Å². The summed E-state index contributed by atoms with van der Waals surface area (Å²) < 4.78 is 14.4. The number of nitriles is 1. The van der Waals surface area contributed by atoms with Gasteiger partial charge in [0.05, 0.1) is 10.7 Å². The molecule has 2 aromatic carbocycles. The third-order valence-electron chi connectivity index (χ3n) is 4.06. The minimum atomic E-state index is -0.512. The largest absolute Gasteiger partial charge is 0.383 e. The van der Waals surface area contributed by atoms with Gasteiger partial charge in [-0.2, -0.15) is 5.26 Å². The maximum Gasteiger partial charge on any atom is 0.142 e. The number of nitrogens with two attached hydrogens (primary N) is 1. The molecule has 3 aromatic rings. The van der Waals surface area contributed by atoms with Crippen LogP contribution < -0.4 is 5.73 Å². The summed E-state index contributed by atoms with van der Waals surface area (Å²) >= 11 is 6.19. The molecule has 0 saturated carbocycles. The van der Waals surface area contributed by atoms with Crippen LogP contribution in [0.15, 0.2) is 42.5 Å². The predicted octanol–water partition coefficient (Wildman–Crippen LogP) is 5.28. The highest BCUT2D eigenvalue weighted by Crippen LogP contribution is 2.37. The first-order valence-electron chi connectivity index (χ1n) is 7.65. The van der Waals surface area contributed by atoms with Crippen LogP contribution in [-0.4, -0.2) is 4.98 Å². The van der Waals surface area contributed by atoms with Crippen LogP contribution >= 0.6 is 11.6 Å². The number of benzene rings is 2. The normalized spacial score (nSPS) is 10.5. The quantitative estimate of drug-likeness (QED) is 0.683. The molecule has 0 spiro atoms. The van der Waals surface area contributed by atoms with Crippen molar-refractivity contribution in [3.8, 4) is 28.5 Å². The second kappa shape index (κ2) is 6.54. The maximum absolute atomic E-state index is 14.4. The van der Waals surface area contributed by atoms with Gasteiger partial charge in [0.2, 0.25) is 0 Å². The van der Waals surface area contributed by atoms with Crippen molar-refractivity contribution in [1.82, 2.24) is 4.98 Å². The number of hydrogen-bond donors (Lipinski definition) is 1. The van der Waals surface area contributed by atoms with E-state index in [1.165, 1.54) is 12.1 Å². The van der Waals surface area contributed by atoms with Gasteiger partial charge in [-0.3, -0.25) is 0 Å². The molecule has 5 heteroatoms. The lowest BCUT2D eigenvalue weighted by molar-refractivity contribution is 0.631. The molecule has 0 unspecified atom stereocenters. The third kappa shape index (κ3) is 3.07. The van der Waals surface area contributed by atoms with E-state index in [9.17, 15) is 9.65 Å². The molecule has 1 aromatic heterocycles. The van der Waals surface area contributed by atoms with Gasteiger partial charge in [0.25, 0.3) is 0 Å². The van der Waals surface area contributed by atoms with Crippen molar-refractivity contribution < 1.29 is 4.39 Å². The second-order valence-corrected chi connectivity index (χ2v) is 6.25. The van der Waals surface area contributed by atoms with Gasteiger partial charge in [0.1, 0.15) is 23.3 Å². The highest BCUT2D eigenvalue weighted by molar-refractivity contribution is 6.33. The fourth-order valence-corrected chi connectivity index (χ4v) is 3.05. The highest BCUT2D eigenvalue weighted by Gasteiger charge is 2.19. The Kier molecular flexibility index (Phi) is 4.43. The zero-order valence-electron chi connectivity index (χ0n) is 13.8. The number of rotatable bonds is 2. The van der Waals surface area contributed by atoms with Gasteiger partial charge in [-0.05, 0) is 43.7 Å². The van der Waals surface area contributed by atoms with E-state index in [0.29, 0.717) is 11.3 Å². The number of halogens is 2. The summed E-state index contributed by atoms with van der Waals surface area (Å²) in [7, 11) is 0. The summed E-state index contributed by atoms with van der Waals surface area (Å²) in [5, 5.41) is 9.68. The molecule has 3 nitrogen and oxygen atoms in total.